The summed E-state index contributed by atoms with van der Waals surface area (Å²) in [4.78, 5) is 11.3. The molecule has 0 spiro atoms. The molecule has 2 N–H and O–H groups in total. The number of hydrogen-bond acceptors (Lipinski definition) is 3. The molecule has 19 heavy (non-hydrogen) atoms. The number of methoxy groups -OCH3 is 1. The minimum atomic E-state index is -1.50. The molecule has 1 rings (SSSR count). The molecule has 0 fully saturated rings. The van der Waals surface area contributed by atoms with Crippen molar-refractivity contribution in [3.63, 3.8) is 0 Å². The van der Waals surface area contributed by atoms with Gasteiger partial charge in [0.15, 0.2) is 17.5 Å². The molecule has 0 bridgehead atoms. The summed E-state index contributed by atoms with van der Waals surface area (Å²) < 4.78 is 43.2. The lowest BCUT2D eigenvalue weighted by atomic mass is 10.2. The molecule has 0 aliphatic heterocycles. The highest BCUT2D eigenvalue weighted by Gasteiger charge is 2.10. The lowest BCUT2D eigenvalue weighted by Gasteiger charge is -2.07. The van der Waals surface area contributed by atoms with Crippen molar-refractivity contribution >= 4 is 5.91 Å². The van der Waals surface area contributed by atoms with Gasteiger partial charge >= 0.3 is 0 Å². The van der Waals surface area contributed by atoms with Gasteiger partial charge in [0.25, 0.3) is 0 Å². The van der Waals surface area contributed by atoms with E-state index in [4.69, 9.17) is 4.74 Å². The molecule has 4 nitrogen and oxygen atoms in total. The van der Waals surface area contributed by atoms with E-state index in [1.54, 1.807) is 0 Å². The summed E-state index contributed by atoms with van der Waals surface area (Å²) in [5.74, 6) is -4.26. The predicted octanol–water partition coefficient (Wildman–Crippen LogP) is 0.956. The zero-order chi connectivity index (χ0) is 14.3. The highest BCUT2D eigenvalue weighted by atomic mass is 19.2. The quantitative estimate of drug-likeness (QED) is 0.576. The number of benzene rings is 1. The predicted molar refractivity (Wildman–Crippen MR) is 62.9 cm³/mol. The molecule has 106 valence electrons. The number of ether oxygens (including phenoxy) is 1. The standard InChI is InChI=1S/C12H15F3N2O2/c1-19-3-2-17-11(18)7-16-6-8-4-9(13)12(15)10(14)5-8/h4-5,16H,2-3,6-7H2,1H3,(H,17,18). The topological polar surface area (TPSA) is 50.4 Å². The van der Waals surface area contributed by atoms with Crippen LogP contribution >= 0.6 is 0 Å². The number of halogens is 3. The van der Waals surface area contributed by atoms with Gasteiger partial charge < -0.3 is 15.4 Å². The first-order chi connectivity index (χ1) is 9.04. The lowest BCUT2D eigenvalue weighted by molar-refractivity contribution is -0.120. The number of amides is 1. The van der Waals surface area contributed by atoms with E-state index in [0.717, 1.165) is 12.1 Å². The second-order valence-electron chi connectivity index (χ2n) is 3.82. The number of nitrogens with one attached hydrogen (secondary N) is 2. The maximum atomic E-state index is 12.9. The van der Waals surface area contributed by atoms with E-state index in [-0.39, 0.29) is 24.6 Å². The number of carbonyl (C=O) groups excluding carboxylic acids is 1. The third kappa shape index (κ3) is 5.27. The maximum Gasteiger partial charge on any atom is 0.234 e. The molecule has 0 aliphatic rings. The van der Waals surface area contributed by atoms with Gasteiger partial charge in [-0.15, -0.1) is 0 Å². The fourth-order valence-corrected chi connectivity index (χ4v) is 1.39. The molecule has 0 heterocycles. The van der Waals surface area contributed by atoms with E-state index in [1.807, 2.05) is 0 Å². The highest BCUT2D eigenvalue weighted by Crippen LogP contribution is 2.13. The van der Waals surface area contributed by atoms with Crippen molar-refractivity contribution in [3.8, 4) is 0 Å². The SMILES string of the molecule is COCCNC(=O)CNCc1cc(F)c(F)c(F)c1. The van der Waals surface area contributed by atoms with E-state index in [0.29, 0.717) is 13.2 Å². The van der Waals surface area contributed by atoms with Crippen molar-refractivity contribution in [2.24, 2.45) is 0 Å². The van der Waals surface area contributed by atoms with Gasteiger partial charge in [0.2, 0.25) is 5.91 Å². The van der Waals surface area contributed by atoms with E-state index in [9.17, 15) is 18.0 Å². The van der Waals surface area contributed by atoms with E-state index < -0.39 is 17.5 Å². The fourth-order valence-electron chi connectivity index (χ4n) is 1.39. The Morgan fingerprint density at radius 3 is 2.47 bits per heavy atom. The molecule has 1 aromatic rings. The van der Waals surface area contributed by atoms with Crippen LogP contribution in [0.2, 0.25) is 0 Å². The zero-order valence-electron chi connectivity index (χ0n) is 10.4. The molecule has 1 aromatic carbocycles. The molecule has 0 atom stereocenters. The van der Waals surface area contributed by atoms with Crippen LogP contribution in [0.4, 0.5) is 13.2 Å². The molecule has 0 saturated heterocycles. The van der Waals surface area contributed by atoms with E-state index in [2.05, 4.69) is 10.6 Å². The second-order valence-corrected chi connectivity index (χ2v) is 3.82. The average molecular weight is 276 g/mol. The molecule has 7 heteroatoms. The first-order valence-corrected chi connectivity index (χ1v) is 5.64. The number of hydrogen-bond donors (Lipinski definition) is 2. The van der Waals surface area contributed by atoms with E-state index in [1.165, 1.54) is 7.11 Å². The van der Waals surface area contributed by atoms with Crippen LogP contribution in [0, 0.1) is 17.5 Å². The van der Waals surface area contributed by atoms with Gasteiger partial charge in [0.05, 0.1) is 13.2 Å². The number of carbonyl (C=O) groups is 1. The van der Waals surface area contributed by atoms with Gasteiger partial charge in [-0.3, -0.25) is 4.79 Å². The van der Waals surface area contributed by atoms with Crippen LogP contribution in [0.1, 0.15) is 5.56 Å². The van der Waals surface area contributed by atoms with Crippen molar-refractivity contribution in [3.05, 3.63) is 35.1 Å². The van der Waals surface area contributed by atoms with Crippen molar-refractivity contribution in [1.29, 1.82) is 0 Å². The molecule has 0 aromatic heterocycles. The Balaban J connectivity index is 2.35. The van der Waals surface area contributed by atoms with Crippen molar-refractivity contribution in [2.75, 3.05) is 26.8 Å². The zero-order valence-corrected chi connectivity index (χ0v) is 10.4. The molecule has 0 saturated carbocycles. The van der Waals surface area contributed by atoms with Crippen molar-refractivity contribution in [1.82, 2.24) is 10.6 Å². The van der Waals surface area contributed by atoms with Crippen molar-refractivity contribution < 1.29 is 22.7 Å². The Morgan fingerprint density at radius 2 is 1.89 bits per heavy atom. The van der Waals surface area contributed by atoms with Gasteiger partial charge in [0, 0.05) is 20.2 Å². The summed E-state index contributed by atoms with van der Waals surface area (Å²) in [7, 11) is 1.52. The van der Waals surface area contributed by atoms with Gasteiger partial charge in [-0.1, -0.05) is 0 Å². The normalized spacial score (nSPS) is 10.5. The summed E-state index contributed by atoms with van der Waals surface area (Å²) >= 11 is 0. The minimum absolute atomic E-state index is 0.00959. The van der Waals surface area contributed by atoms with Gasteiger partial charge in [-0.25, -0.2) is 13.2 Å². The van der Waals surface area contributed by atoms with Crippen LogP contribution in [0.5, 0.6) is 0 Å². The molecule has 0 aliphatic carbocycles. The first kappa shape index (κ1) is 15.5. The smallest absolute Gasteiger partial charge is 0.234 e. The third-order valence-corrected chi connectivity index (χ3v) is 2.29. The van der Waals surface area contributed by atoms with Gasteiger partial charge in [-0.2, -0.15) is 0 Å². The second kappa shape index (κ2) is 7.75. The molecule has 1 amide bonds. The van der Waals surface area contributed by atoms with Crippen LogP contribution in [0.25, 0.3) is 0 Å². The average Bonchev–Trinajstić information content (AvgIpc) is 2.36. The Morgan fingerprint density at radius 1 is 1.26 bits per heavy atom. The summed E-state index contributed by atoms with van der Waals surface area (Å²) in [6, 6.07) is 1.77. The molecule has 0 radical (unpaired) electrons. The van der Waals surface area contributed by atoms with Crippen LogP contribution in [0.3, 0.4) is 0 Å². The minimum Gasteiger partial charge on any atom is -0.383 e. The fraction of sp³-hybridized carbons (Fsp3) is 0.417. The molecule has 0 unspecified atom stereocenters. The Hall–Kier alpha value is -1.60. The largest absolute Gasteiger partial charge is 0.383 e. The highest BCUT2D eigenvalue weighted by molar-refractivity contribution is 5.77. The first-order valence-electron chi connectivity index (χ1n) is 5.64. The van der Waals surface area contributed by atoms with Crippen LogP contribution < -0.4 is 10.6 Å². The lowest BCUT2D eigenvalue weighted by Crippen LogP contribution is -2.35. The van der Waals surface area contributed by atoms with Crippen molar-refractivity contribution in [2.45, 2.75) is 6.54 Å². The Labute approximate surface area is 108 Å². The monoisotopic (exact) mass is 276 g/mol. The van der Waals surface area contributed by atoms with Crippen LogP contribution in [-0.2, 0) is 16.1 Å². The van der Waals surface area contributed by atoms with Crippen LogP contribution in [-0.4, -0.2) is 32.7 Å². The maximum absolute atomic E-state index is 12.9. The summed E-state index contributed by atoms with van der Waals surface area (Å²) in [6.07, 6.45) is 0. The van der Waals surface area contributed by atoms with E-state index >= 15 is 0 Å². The Kier molecular flexibility index (Phi) is 6.31. The van der Waals surface area contributed by atoms with Crippen LogP contribution in [0.15, 0.2) is 12.1 Å². The summed E-state index contributed by atoms with van der Waals surface area (Å²) in [5, 5.41) is 5.26. The Bertz CT molecular complexity index is 418. The third-order valence-electron chi connectivity index (χ3n) is 2.29. The number of rotatable bonds is 7. The molecular formula is C12H15F3N2O2. The summed E-state index contributed by atoms with van der Waals surface area (Å²) in [6.45, 7) is 0.840. The van der Waals surface area contributed by atoms with Gasteiger partial charge in [-0.05, 0) is 17.7 Å². The molecular weight excluding hydrogens is 261 g/mol. The van der Waals surface area contributed by atoms with Gasteiger partial charge in [0.1, 0.15) is 0 Å². The summed E-state index contributed by atoms with van der Waals surface area (Å²) in [5.41, 5.74) is 0.223.